The molecular weight excluding hydrogens is 232 g/mol. The normalized spacial score (nSPS) is 13.6. The highest BCUT2D eigenvalue weighted by atomic mass is 16.4. The standard InChI is InChI=1S/C13H12N2O3/c16-12-5-8-3-1-2-7(8)4-9(12)10-6-11(13(17)18)15-14-10/h4-6,16H,1-3H2,(H,14,15)(H,17,18). The van der Waals surface area contributed by atoms with Gasteiger partial charge >= 0.3 is 5.97 Å². The summed E-state index contributed by atoms with van der Waals surface area (Å²) in [7, 11) is 0. The summed E-state index contributed by atoms with van der Waals surface area (Å²) in [5, 5.41) is 25.2. The van der Waals surface area contributed by atoms with Crippen LogP contribution in [0.1, 0.15) is 28.0 Å². The zero-order valence-corrected chi connectivity index (χ0v) is 9.60. The number of carboxylic acids is 1. The van der Waals surface area contributed by atoms with Gasteiger partial charge in [0.2, 0.25) is 0 Å². The Hall–Kier alpha value is -2.30. The van der Waals surface area contributed by atoms with Crippen molar-refractivity contribution in [3.05, 3.63) is 35.0 Å². The van der Waals surface area contributed by atoms with E-state index in [9.17, 15) is 9.90 Å². The van der Waals surface area contributed by atoms with Crippen molar-refractivity contribution in [1.82, 2.24) is 10.2 Å². The number of aryl methyl sites for hydroxylation is 2. The summed E-state index contributed by atoms with van der Waals surface area (Å²) in [6.07, 6.45) is 3.09. The van der Waals surface area contributed by atoms with E-state index >= 15 is 0 Å². The molecule has 0 fully saturated rings. The number of nitrogens with one attached hydrogen (secondary N) is 1. The van der Waals surface area contributed by atoms with Gasteiger partial charge in [0.15, 0.2) is 0 Å². The Morgan fingerprint density at radius 1 is 1.22 bits per heavy atom. The lowest BCUT2D eigenvalue weighted by atomic mass is 10.0. The topological polar surface area (TPSA) is 86.2 Å². The smallest absolute Gasteiger partial charge is 0.353 e. The van der Waals surface area contributed by atoms with E-state index < -0.39 is 5.97 Å². The number of aromatic hydroxyl groups is 1. The lowest BCUT2D eigenvalue weighted by Gasteiger charge is -2.05. The van der Waals surface area contributed by atoms with Crippen molar-refractivity contribution in [2.45, 2.75) is 19.3 Å². The summed E-state index contributed by atoms with van der Waals surface area (Å²) < 4.78 is 0. The van der Waals surface area contributed by atoms with E-state index in [0.29, 0.717) is 11.3 Å². The highest BCUT2D eigenvalue weighted by Gasteiger charge is 2.17. The van der Waals surface area contributed by atoms with E-state index in [1.54, 1.807) is 6.07 Å². The molecule has 1 aromatic heterocycles. The van der Waals surface area contributed by atoms with Crippen molar-refractivity contribution in [3.63, 3.8) is 0 Å². The Labute approximate surface area is 103 Å². The molecule has 2 aromatic rings. The number of phenolic OH excluding ortho intramolecular Hbond substituents is 1. The lowest BCUT2D eigenvalue weighted by Crippen LogP contribution is -1.95. The van der Waals surface area contributed by atoms with Gasteiger partial charge in [-0.15, -0.1) is 0 Å². The van der Waals surface area contributed by atoms with Gasteiger partial charge in [-0.1, -0.05) is 0 Å². The van der Waals surface area contributed by atoms with Gasteiger partial charge in [-0.3, -0.25) is 5.10 Å². The number of benzene rings is 1. The molecule has 0 radical (unpaired) electrons. The number of rotatable bonds is 2. The predicted octanol–water partition coefficient (Wildman–Crippen LogP) is 1.97. The first-order valence-corrected chi connectivity index (χ1v) is 5.79. The van der Waals surface area contributed by atoms with Crippen LogP contribution < -0.4 is 0 Å². The zero-order chi connectivity index (χ0) is 12.7. The molecule has 0 unspecified atom stereocenters. The van der Waals surface area contributed by atoms with Crippen LogP contribution in [0.15, 0.2) is 18.2 Å². The number of fused-ring (bicyclic) bond motifs is 1. The number of carbonyl (C=O) groups is 1. The Morgan fingerprint density at radius 3 is 2.61 bits per heavy atom. The van der Waals surface area contributed by atoms with E-state index in [1.165, 1.54) is 17.2 Å². The second-order valence-corrected chi connectivity index (χ2v) is 4.46. The third-order valence-corrected chi connectivity index (χ3v) is 3.29. The zero-order valence-electron chi connectivity index (χ0n) is 9.60. The van der Waals surface area contributed by atoms with E-state index in [4.69, 9.17) is 5.11 Å². The molecule has 18 heavy (non-hydrogen) atoms. The fourth-order valence-electron chi connectivity index (χ4n) is 2.39. The maximum atomic E-state index is 10.8. The van der Waals surface area contributed by atoms with Gasteiger partial charge in [0.25, 0.3) is 0 Å². The van der Waals surface area contributed by atoms with Crippen LogP contribution in [0.4, 0.5) is 0 Å². The van der Waals surface area contributed by atoms with Crippen LogP contribution >= 0.6 is 0 Å². The molecule has 0 atom stereocenters. The van der Waals surface area contributed by atoms with Gasteiger partial charge in [0.1, 0.15) is 11.4 Å². The highest BCUT2D eigenvalue weighted by molar-refractivity contribution is 5.87. The molecule has 3 N–H and O–H groups in total. The Kier molecular flexibility index (Phi) is 2.33. The molecule has 0 aliphatic heterocycles. The number of phenols is 1. The number of hydrogen-bond donors (Lipinski definition) is 3. The first kappa shape index (κ1) is 10.8. The van der Waals surface area contributed by atoms with Gasteiger partial charge in [0.05, 0.1) is 5.69 Å². The average molecular weight is 244 g/mol. The van der Waals surface area contributed by atoms with Crippen molar-refractivity contribution in [2.75, 3.05) is 0 Å². The Morgan fingerprint density at radius 2 is 1.94 bits per heavy atom. The van der Waals surface area contributed by atoms with Crippen LogP contribution in [0.5, 0.6) is 5.75 Å². The van der Waals surface area contributed by atoms with Crippen LogP contribution in [0.3, 0.4) is 0 Å². The first-order valence-electron chi connectivity index (χ1n) is 5.79. The van der Waals surface area contributed by atoms with Gasteiger partial charge in [-0.25, -0.2) is 4.79 Å². The largest absolute Gasteiger partial charge is 0.507 e. The van der Waals surface area contributed by atoms with E-state index in [2.05, 4.69) is 10.2 Å². The van der Waals surface area contributed by atoms with Crippen LogP contribution in [0, 0.1) is 0 Å². The van der Waals surface area contributed by atoms with Crippen molar-refractivity contribution < 1.29 is 15.0 Å². The first-order chi connectivity index (χ1) is 8.65. The molecule has 92 valence electrons. The quantitative estimate of drug-likeness (QED) is 0.753. The third-order valence-electron chi connectivity index (χ3n) is 3.29. The lowest BCUT2D eigenvalue weighted by molar-refractivity contribution is 0.0690. The number of hydrogen-bond acceptors (Lipinski definition) is 3. The summed E-state index contributed by atoms with van der Waals surface area (Å²) >= 11 is 0. The Balaban J connectivity index is 2.08. The van der Waals surface area contributed by atoms with Crippen LogP contribution in [-0.4, -0.2) is 26.4 Å². The average Bonchev–Trinajstić information content (AvgIpc) is 2.94. The molecule has 1 aliphatic rings. The number of aromatic nitrogens is 2. The maximum Gasteiger partial charge on any atom is 0.353 e. The molecule has 5 nitrogen and oxygen atoms in total. The number of aromatic carboxylic acids is 1. The molecule has 1 heterocycles. The van der Waals surface area contributed by atoms with Crippen molar-refractivity contribution >= 4 is 5.97 Å². The molecule has 0 saturated carbocycles. The summed E-state index contributed by atoms with van der Waals surface area (Å²) in [4.78, 5) is 10.8. The monoisotopic (exact) mass is 244 g/mol. The molecule has 5 heteroatoms. The number of aromatic amines is 1. The van der Waals surface area contributed by atoms with Crippen molar-refractivity contribution in [1.29, 1.82) is 0 Å². The molecule has 1 aliphatic carbocycles. The molecule has 0 amide bonds. The van der Waals surface area contributed by atoms with E-state index in [1.807, 2.05) is 6.07 Å². The minimum Gasteiger partial charge on any atom is -0.507 e. The van der Waals surface area contributed by atoms with Crippen LogP contribution in [0.25, 0.3) is 11.3 Å². The fraction of sp³-hybridized carbons (Fsp3) is 0.231. The minimum absolute atomic E-state index is 0.0184. The van der Waals surface area contributed by atoms with Gasteiger partial charge in [-0.2, -0.15) is 5.10 Å². The molecule has 0 saturated heterocycles. The van der Waals surface area contributed by atoms with E-state index in [-0.39, 0.29) is 11.4 Å². The van der Waals surface area contributed by atoms with Crippen LogP contribution in [-0.2, 0) is 12.8 Å². The fourth-order valence-corrected chi connectivity index (χ4v) is 2.39. The number of nitrogens with zero attached hydrogens (tertiary/aromatic N) is 1. The van der Waals surface area contributed by atoms with Crippen molar-refractivity contribution in [3.8, 4) is 17.0 Å². The second kappa shape index (κ2) is 3.87. The molecule has 0 spiro atoms. The summed E-state index contributed by atoms with van der Waals surface area (Å²) in [5.41, 5.74) is 3.44. The van der Waals surface area contributed by atoms with Crippen molar-refractivity contribution in [2.24, 2.45) is 0 Å². The highest BCUT2D eigenvalue weighted by Crippen LogP contribution is 2.34. The summed E-state index contributed by atoms with van der Waals surface area (Å²) in [5.74, 6) is -0.909. The maximum absolute atomic E-state index is 10.8. The summed E-state index contributed by atoms with van der Waals surface area (Å²) in [6.45, 7) is 0. The van der Waals surface area contributed by atoms with Gasteiger partial charge in [0, 0.05) is 5.56 Å². The SMILES string of the molecule is O=C(O)c1cc(-c2cc3c(cc2O)CCC3)n[nH]1. The predicted molar refractivity (Wildman–Crippen MR) is 64.7 cm³/mol. The summed E-state index contributed by atoms with van der Waals surface area (Å²) in [6, 6.07) is 5.09. The number of carboxylic acid groups (broad SMARTS) is 1. The van der Waals surface area contributed by atoms with Gasteiger partial charge in [-0.05, 0) is 48.6 Å². The van der Waals surface area contributed by atoms with Gasteiger partial charge < -0.3 is 10.2 Å². The Bertz CT molecular complexity index is 631. The molecule has 1 aromatic carbocycles. The van der Waals surface area contributed by atoms with E-state index in [0.717, 1.165) is 19.3 Å². The third kappa shape index (κ3) is 1.64. The minimum atomic E-state index is -1.06. The molecule has 3 rings (SSSR count). The number of H-pyrrole nitrogens is 1. The second-order valence-electron chi connectivity index (χ2n) is 4.46. The van der Waals surface area contributed by atoms with Crippen LogP contribution in [0.2, 0.25) is 0 Å². The molecule has 0 bridgehead atoms. The molecular formula is C13H12N2O3.